The Morgan fingerprint density at radius 2 is 2.45 bits per heavy atom. The first-order valence-electron chi connectivity index (χ1n) is 3.77. The maximum Gasteiger partial charge on any atom is 0.137 e. The van der Waals surface area contributed by atoms with Crippen molar-refractivity contribution in [3.8, 4) is 0 Å². The van der Waals surface area contributed by atoms with Crippen molar-refractivity contribution in [1.29, 1.82) is 0 Å². The third kappa shape index (κ3) is 1.19. The maximum atomic E-state index is 13.0. The number of halogens is 1. The minimum atomic E-state index is -0.0554. The number of fused-ring (bicyclic) bond motifs is 1. The summed E-state index contributed by atoms with van der Waals surface area (Å²) in [4.78, 5) is 1.20. The monoisotopic (exact) mass is 171 g/mol. The van der Waals surface area contributed by atoms with Gasteiger partial charge >= 0.3 is 0 Å². The molecule has 0 bridgehead atoms. The summed E-state index contributed by atoms with van der Waals surface area (Å²) in [7, 11) is 0. The van der Waals surface area contributed by atoms with E-state index in [0.29, 0.717) is 0 Å². The highest BCUT2D eigenvalue weighted by Gasteiger charge is 2.19. The highest BCUT2D eigenvalue weighted by Crippen LogP contribution is 2.28. The van der Waals surface area contributed by atoms with Crippen LogP contribution >= 0.6 is 11.3 Å². The predicted molar refractivity (Wildman–Crippen MR) is 44.3 cm³/mol. The van der Waals surface area contributed by atoms with Crippen LogP contribution in [0.1, 0.15) is 16.9 Å². The highest BCUT2D eigenvalue weighted by molar-refractivity contribution is 7.10. The van der Waals surface area contributed by atoms with Crippen LogP contribution in [0, 0.1) is 5.82 Å². The van der Waals surface area contributed by atoms with Crippen LogP contribution in [0.5, 0.6) is 0 Å². The first kappa shape index (κ1) is 7.25. The number of hydrogen-bond donors (Lipinski definition) is 1. The van der Waals surface area contributed by atoms with Crippen molar-refractivity contribution in [2.75, 3.05) is 0 Å². The van der Waals surface area contributed by atoms with Crippen LogP contribution in [0.2, 0.25) is 0 Å². The van der Waals surface area contributed by atoms with Crippen LogP contribution in [0.4, 0.5) is 4.39 Å². The minimum absolute atomic E-state index is 0.0554. The average Bonchev–Trinajstić information content (AvgIpc) is 2.33. The van der Waals surface area contributed by atoms with Crippen LogP contribution < -0.4 is 5.73 Å². The summed E-state index contributed by atoms with van der Waals surface area (Å²) in [5.74, 6) is -0.0554. The number of hydrogen-bond acceptors (Lipinski definition) is 2. The van der Waals surface area contributed by atoms with Gasteiger partial charge in [0, 0.05) is 21.9 Å². The van der Waals surface area contributed by atoms with Gasteiger partial charge in [-0.3, -0.25) is 0 Å². The number of aryl methyl sites for hydroxylation is 1. The molecule has 1 aliphatic carbocycles. The van der Waals surface area contributed by atoms with Crippen LogP contribution in [0.25, 0.3) is 0 Å². The van der Waals surface area contributed by atoms with Gasteiger partial charge in [-0.2, -0.15) is 0 Å². The molecule has 0 saturated carbocycles. The Morgan fingerprint density at radius 3 is 3.27 bits per heavy atom. The van der Waals surface area contributed by atoms with Gasteiger partial charge in [-0.05, 0) is 19.3 Å². The zero-order valence-electron chi connectivity index (χ0n) is 6.14. The minimum Gasteiger partial charge on any atom is -0.327 e. The predicted octanol–water partition coefficient (Wildman–Crippen LogP) is 1.70. The van der Waals surface area contributed by atoms with Gasteiger partial charge < -0.3 is 5.73 Å². The normalized spacial score (nSPS) is 23.3. The summed E-state index contributed by atoms with van der Waals surface area (Å²) in [6, 6.07) is 0.173. The molecule has 1 unspecified atom stereocenters. The largest absolute Gasteiger partial charge is 0.327 e. The Hall–Kier alpha value is -0.410. The number of nitrogens with two attached hydrogens (primary N) is 1. The molecule has 0 amide bonds. The van der Waals surface area contributed by atoms with E-state index in [-0.39, 0.29) is 11.9 Å². The van der Waals surface area contributed by atoms with Gasteiger partial charge in [-0.25, -0.2) is 4.39 Å². The van der Waals surface area contributed by atoms with Crippen LogP contribution in [0.3, 0.4) is 0 Å². The summed E-state index contributed by atoms with van der Waals surface area (Å²) in [5.41, 5.74) is 6.58. The fourth-order valence-electron chi connectivity index (χ4n) is 1.50. The molecule has 1 aromatic rings. The van der Waals surface area contributed by atoms with Crippen molar-refractivity contribution in [2.24, 2.45) is 5.73 Å². The van der Waals surface area contributed by atoms with E-state index in [2.05, 4.69) is 0 Å². The first-order chi connectivity index (χ1) is 5.27. The zero-order valence-corrected chi connectivity index (χ0v) is 6.96. The molecule has 1 aromatic heterocycles. The second-order valence-electron chi connectivity index (χ2n) is 2.99. The first-order valence-corrected chi connectivity index (χ1v) is 4.65. The molecular weight excluding hydrogens is 161 g/mol. The lowest BCUT2D eigenvalue weighted by atomic mass is 9.95. The van der Waals surface area contributed by atoms with Gasteiger partial charge in [0.25, 0.3) is 0 Å². The van der Waals surface area contributed by atoms with Gasteiger partial charge in [0.2, 0.25) is 0 Å². The van der Waals surface area contributed by atoms with E-state index in [1.165, 1.54) is 16.2 Å². The lowest BCUT2D eigenvalue weighted by Crippen LogP contribution is -2.27. The summed E-state index contributed by atoms with van der Waals surface area (Å²) < 4.78 is 13.0. The third-order valence-electron chi connectivity index (χ3n) is 2.14. The molecule has 2 N–H and O–H groups in total. The summed E-state index contributed by atoms with van der Waals surface area (Å²) in [6.45, 7) is 0. The molecule has 3 heteroatoms. The highest BCUT2D eigenvalue weighted by atomic mass is 32.1. The third-order valence-corrected chi connectivity index (χ3v) is 3.20. The lowest BCUT2D eigenvalue weighted by molar-refractivity contribution is 0.544. The Labute approximate surface area is 69.0 Å². The van der Waals surface area contributed by atoms with Gasteiger partial charge in [0.05, 0.1) is 0 Å². The molecule has 60 valence electrons. The van der Waals surface area contributed by atoms with E-state index in [4.69, 9.17) is 5.73 Å². The Balaban J connectivity index is 2.37. The molecule has 1 heterocycles. The Morgan fingerprint density at radius 1 is 1.64 bits per heavy atom. The molecule has 0 fully saturated rings. The second-order valence-corrected chi connectivity index (χ2v) is 3.95. The fraction of sp³-hybridized carbons (Fsp3) is 0.500. The van der Waals surface area contributed by atoms with Gasteiger partial charge in [0.15, 0.2) is 0 Å². The molecule has 0 radical (unpaired) electrons. The zero-order chi connectivity index (χ0) is 7.84. The number of thiophene rings is 1. The summed E-state index contributed by atoms with van der Waals surface area (Å²) in [5, 5.41) is 1.59. The SMILES string of the molecule is NC1CCc2scc(F)c2C1. The van der Waals surface area contributed by atoms with Gasteiger partial charge in [-0.1, -0.05) is 0 Å². The van der Waals surface area contributed by atoms with Crippen LogP contribution in [-0.4, -0.2) is 6.04 Å². The molecule has 0 aromatic carbocycles. The molecule has 1 aliphatic rings. The fourth-order valence-corrected chi connectivity index (χ4v) is 2.45. The molecule has 1 atom stereocenters. The van der Waals surface area contributed by atoms with E-state index < -0.39 is 0 Å². The van der Waals surface area contributed by atoms with Crippen molar-refractivity contribution in [3.63, 3.8) is 0 Å². The Bertz CT molecular complexity index is 269. The standard InChI is InChI=1S/C8H10FNS/c9-7-4-11-8-2-1-5(10)3-6(7)8/h4-5H,1-3,10H2. The van der Waals surface area contributed by atoms with Crippen molar-refractivity contribution >= 4 is 11.3 Å². The van der Waals surface area contributed by atoms with Crippen molar-refractivity contribution < 1.29 is 4.39 Å². The topological polar surface area (TPSA) is 26.0 Å². The van der Waals surface area contributed by atoms with Crippen molar-refractivity contribution in [3.05, 3.63) is 21.6 Å². The molecule has 0 saturated heterocycles. The molecular formula is C8H10FNS. The average molecular weight is 171 g/mol. The van der Waals surface area contributed by atoms with E-state index >= 15 is 0 Å². The number of rotatable bonds is 0. The maximum absolute atomic E-state index is 13.0. The van der Waals surface area contributed by atoms with Crippen LogP contribution in [0.15, 0.2) is 5.38 Å². The van der Waals surface area contributed by atoms with E-state index in [1.807, 2.05) is 0 Å². The van der Waals surface area contributed by atoms with E-state index in [9.17, 15) is 4.39 Å². The smallest absolute Gasteiger partial charge is 0.137 e. The summed E-state index contributed by atoms with van der Waals surface area (Å²) in [6.07, 6.45) is 2.70. The second kappa shape index (κ2) is 2.57. The molecule has 1 nitrogen and oxygen atoms in total. The quantitative estimate of drug-likeness (QED) is 0.631. The van der Waals surface area contributed by atoms with Gasteiger partial charge in [0.1, 0.15) is 5.82 Å². The molecule has 2 rings (SSSR count). The molecule has 0 spiro atoms. The van der Waals surface area contributed by atoms with Crippen molar-refractivity contribution in [1.82, 2.24) is 0 Å². The van der Waals surface area contributed by atoms with Gasteiger partial charge in [-0.15, -0.1) is 11.3 Å². The van der Waals surface area contributed by atoms with Crippen molar-refractivity contribution in [2.45, 2.75) is 25.3 Å². The van der Waals surface area contributed by atoms with E-state index in [1.54, 1.807) is 5.38 Å². The molecule has 0 aliphatic heterocycles. The lowest BCUT2D eigenvalue weighted by Gasteiger charge is -2.17. The van der Waals surface area contributed by atoms with Crippen LogP contribution in [-0.2, 0) is 12.8 Å². The molecule has 11 heavy (non-hydrogen) atoms. The summed E-state index contributed by atoms with van der Waals surface area (Å²) >= 11 is 1.52. The Kier molecular flexibility index (Phi) is 1.69. The van der Waals surface area contributed by atoms with E-state index in [0.717, 1.165) is 24.8 Å².